The summed E-state index contributed by atoms with van der Waals surface area (Å²) in [6.45, 7) is 2.05. The first kappa shape index (κ1) is 10.4. The Labute approximate surface area is 96.2 Å². The minimum atomic E-state index is 0.668. The van der Waals surface area contributed by atoms with Crippen molar-refractivity contribution in [3.8, 4) is 6.07 Å². The minimum absolute atomic E-state index is 0.668. The molecule has 0 fully saturated rings. The third-order valence-corrected chi connectivity index (χ3v) is 4.24. The molecule has 0 N–H and O–H groups in total. The standard InChI is InChI=1S/C10H9N3S2/c1-3-7-6(4-11)5-12-9-8(7)15-10(13-9)14-2/h5H,3H2,1-2H3. The summed E-state index contributed by atoms with van der Waals surface area (Å²) in [4.78, 5) is 8.57. The molecule has 2 rings (SSSR count). The number of rotatable bonds is 2. The van der Waals surface area contributed by atoms with Gasteiger partial charge in [-0.2, -0.15) is 5.26 Å². The van der Waals surface area contributed by atoms with Crippen LogP contribution in [0.1, 0.15) is 18.1 Å². The Balaban J connectivity index is 2.76. The van der Waals surface area contributed by atoms with Crippen molar-refractivity contribution in [3.05, 3.63) is 17.3 Å². The highest BCUT2D eigenvalue weighted by Crippen LogP contribution is 2.31. The fourth-order valence-corrected chi connectivity index (χ4v) is 3.07. The Morgan fingerprint density at radius 1 is 1.60 bits per heavy atom. The van der Waals surface area contributed by atoms with Gasteiger partial charge in [-0.15, -0.1) is 11.3 Å². The molecule has 0 bridgehead atoms. The van der Waals surface area contributed by atoms with Crippen LogP contribution in [0.4, 0.5) is 0 Å². The van der Waals surface area contributed by atoms with Gasteiger partial charge in [0.05, 0.1) is 10.3 Å². The Morgan fingerprint density at radius 2 is 2.40 bits per heavy atom. The fourth-order valence-electron chi connectivity index (χ4n) is 1.44. The average molecular weight is 235 g/mol. The van der Waals surface area contributed by atoms with Gasteiger partial charge in [0, 0.05) is 6.20 Å². The van der Waals surface area contributed by atoms with Crippen LogP contribution in [0.2, 0.25) is 0 Å². The lowest BCUT2D eigenvalue weighted by Crippen LogP contribution is -1.90. The highest BCUT2D eigenvalue weighted by molar-refractivity contribution is 8.00. The molecular formula is C10H9N3S2. The van der Waals surface area contributed by atoms with Crippen molar-refractivity contribution in [3.63, 3.8) is 0 Å². The summed E-state index contributed by atoms with van der Waals surface area (Å²) in [5.41, 5.74) is 2.50. The van der Waals surface area contributed by atoms with E-state index >= 15 is 0 Å². The minimum Gasteiger partial charge on any atom is -0.234 e. The first-order valence-electron chi connectivity index (χ1n) is 4.52. The van der Waals surface area contributed by atoms with Crippen LogP contribution >= 0.6 is 23.1 Å². The first-order chi connectivity index (χ1) is 7.30. The Morgan fingerprint density at radius 3 is 3.00 bits per heavy atom. The number of hydrogen-bond donors (Lipinski definition) is 0. The van der Waals surface area contributed by atoms with E-state index in [2.05, 4.69) is 16.0 Å². The summed E-state index contributed by atoms with van der Waals surface area (Å²) in [7, 11) is 0. The van der Waals surface area contributed by atoms with E-state index in [9.17, 15) is 0 Å². The van der Waals surface area contributed by atoms with Crippen molar-refractivity contribution in [2.24, 2.45) is 0 Å². The zero-order valence-electron chi connectivity index (χ0n) is 8.44. The van der Waals surface area contributed by atoms with Crippen LogP contribution in [0.25, 0.3) is 10.3 Å². The molecule has 2 aromatic heterocycles. The summed E-state index contributed by atoms with van der Waals surface area (Å²) >= 11 is 3.23. The number of aryl methyl sites for hydroxylation is 1. The third-order valence-electron chi connectivity index (χ3n) is 2.15. The molecule has 15 heavy (non-hydrogen) atoms. The highest BCUT2D eigenvalue weighted by Gasteiger charge is 2.11. The predicted molar refractivity (Wildman–Crippen MR) is 63.3 cm³/mol. The van der Waals surface area contributed by atoms with Crippen molar-refractivity contribution in [2.45, 2.75) is 17.7 Å². The molecule has 2 aromatic rings. The molecule has 0 spiro atoms. The summed E-state index contributed by atoms with van der Waals surface area (Å²) in [5.74, 6) is 0. The van der Waals surface area contributed by atoms with Crippen LogP contribution in [-0.2, 0) is 6.42 Å². The van der Waals surface area contributed by atoms with E-state index in [4.69, 9.17) is 5.26 Å². The molecule has 76 valence electrons. The van der Waals surface area contributed by atoms with Crippen molar-refractivity contribution >= 4 is 33.4 Å². The SMILES string of the molecule is CCc1c(C#N)cnc2nc(SC)sc12. The lowest BCUT2D eigenvalue weighted by molar-refractivity contribution is 1.13. The maximum absolute atomic E-state index is 8.96. The number of fused-ring (bicyclic) bond motifs is 1. The maximum atomic E-state index is 8.96. The zero-order chi connectivity index (χ0) is 10.8. The van der Waals surface area contributed by atoms with E-state index in [1.807, 2.05) is 13.2 Å². The first-order valence-corrected chi connectivity index (χ1v) is 6.56. The van der Waals surface area contributed by atoms with E-state index in [0.717, 1.165) is 26.7 Å². The number of aromatic nitrogens is 2. The molecule has 0 radical (unpaired) electrons. The summed E-state index contributed by atoms with van der Waals surface area (Å²) < 4.78 is 2.06. The molecule has 0 saturated carbocycles. The Bertz CT molecular complexity index is 539. The van der Waals surface area contributed by atoms with E-state index in [1.54, 1.807) is 29.3 Å². The summed E-state index contributed by atoms with van der Waals surface area (Å²) in [6, 6.07) is 2.18. The van der Waals surface area contributed by atoms with Crippen LogP contribution in [0.15, 0.2) is 10.5 Å². The smallest absolute Gasteiger partial charge is 0.171 e. The van der Waals surface area contributed by atoms with E-state index in [1.165, 1.54) is 0 Å². The van der Waals surface area contributed by atoms with Gasteiger partial charge in [-0.25, -0.2) is 9.97 Å². The zero-order valence-corrected chi connectivity index (χ0v) is 10.1. The van der Waals surface area contributed by atoms with Gasteiger partial charge < -0.3 is 0 Å². The van der Waals surface area contributed by atoms with E-state index in [0.29, 0.717) is 5.56 Å². The van der Waals surface area contributed by atoms with E-state index in [-0.39, 0.29) is 0 Å². The van der Waals surface area contributed by atoms with Gasteiger partial charge in [-0.1, -0.05) is 18.7 Å². The topological polar surface area (TPSA) is 49.6 Å². The molecular weight excluding hydrogens is 226 g/mol. The van der Waals surface area contributed by atoms with Crippen LogP contribution in [0.5, 0.6) is 0 Å². The van der Waals surface area contributed by atoms with Crippen LogP contribution in [-0.4, -0.2) is 16.2 Å². The second-order valence-corrected chi connectivity index (χ2v) is 5.00. The number of thiazole rings is 1. The molecule has 0 aliphatic carbocycles. The third kappa shape index (κ3) is 1.71. The van der Waals surface area contributed by atoms with Crippen molar-refractivity contribution in [1.82, 2.24) is 9.97 Å². The molecule has 5 heteroatoms. The number of pyridine rings is 1. The molecule has 0 atom stereocenters. The average Bonchev–Trinajstić information content (AvgIpc) is 2.70. The van der Waals surface area contributed by atoms with Gasteiger partial charge in [-0.05, 0) is 18.2 Å². The lowest BCUT2D eigenvalue weighted by Gasteiger charge is -1.99. The molecule has 0 aliphatic heterocycles. The second kappa shape index (κ2) is 4.17. The van der Waals surface area contributed by atoms with Crippen molar-refractivity contribution in [2.75, 3.05) is 6.26 Å². The van der Waals surface area contributed by atoms with Crippen LogP contribution < -0.4 is 0 Å². The molecule has 0 aliphatic rings. The summed E-state index contributed by atoms with van der Waals surface area (Å²) in [5, 5.41) is 8.96. The van der Waals surface area contributed by atoms with Gasteiger partial charge in [0.15, 0.2) is 9.99 Å². The number of nitrogens with zero attached hydrogens (tertiary/aromatic N) is 3. The summed E-state index contributed by atoms with van der Waals surface area (Å²) in [6.07, 6.45) is 4.46. The Kier molecular flexibility index (Phi) is 2.89. The molecule has 0 aromatic carbocycles. The molecule has 2 heterocycles. The highest BCUT2D eigenvalue weighted by atomic mass is 32.2. The van der Waals surface area contributed by atoms with E-state index < -0.39 is 0 Å². The second-order valence-electron chi connectivity index (χ2n) is 2.95. The fraction of sp³-hybridized carbons (Fsp3) is 0.300. The quantitative estimate of drug-likeness (QED) is 0.751. The van der Waals surface area contributed by atoms with Gasteiger partial charge in [0.2, 0.25) is 0 Å². The van der Waals surface area contributed by atoms with Crippen LogP contribution in [0, 0.1) is 11.3 Å². The van der Waals surface area contributed by atoms with Gasteiger partial charge in [-0.3, -0.25) is 0 Å². The Hall–Kier alpha value is -1.12. The number of thioether (sulfide) groups is 1. The number of hydrogen-bond acceptors (Lipinski definition) is 5. The van der Waals surface area contributed by atoms with Gasteiger partial charge in [0.25, 0.3) is 0 Å². The molecule has 0 saturated heterocycles. The van der Waals surface area contributed by atoms with Gasteiger partial charge in [0.1, 0.15) is 6.07 Å². The van der Waals surface area contributed by atoms with Gasteiger partial charge >= 0.3 is 0 Å². The molecule has 0 unspecified atom stereocenters. The molecule has 3 nitrogen and oxygen atoms in total. The largest absolute Gasteiger partial charge is 0.234 e. The van der Waals surface area contributed by atoms with Crippen LogP contribution in [0.3, 0.4) is 0 Å². The monoisotopic (exact) mass is 235 g/mol. The normalized spacial score (nSPS) is 10.5. The molecule has 0 amide bonds. The van der Waals surface area contributed by atoms with Crippen molar-refractivity contribution < 1.29 is 0 Å². The number of nitriles is 1. The predicted octanol–water partition coefficient (Wildman–Crippen LogP) is 2.85. The van der Waals surface area contributed by atoms with Crippen molar-refractivity contribution in [1.29, 1.82) is 5.26 Å². The lowest BCUT2D eigenvalue weighted by atomic mass is 10.1. The maximum Gasteiger partial charge on any atom is 0.171 e.